The Labute approximate surface area is 159 Å². The zero-order valence-corrected chi connectivity index (χ0v) is 15.9. The van der Waals surface area contributed by atoms with Gasteiger partial charge in [0.2, 0.25) is 5.91 Å². The molecule has 0 aliphatic heterocycles. The molecule has 132 valence electrons. The monoisotopic (exact) mass is 361 g/mol. The number of rotatable bonds is 6. The molecule has 3 heteroatoms. The van der Waals surface area contributed by atoms with E-state index in [2.05, 4.69) is 60.8 Å². The number of hydrogen-bond acceptors (Lipinski definition) is 2. The summed E-state index contributed by atoms with van der Waals surface area (Å²) in [7, 11) is 0. The summed E-state index contributed by atoms with van der Waals surface area (Å²) >= 11 is 1.58. The molecule has 0 heterocycles. The van der Waals surface area contributed by atoms with Crippen molar-refractivity contribution in [3.05, 3.63) is 102 Å². The smallest absolute Gasteiger partial charge is 0.233 e. The van der Waals surface area contributed by atoms with Gasteiger partial charge in [-0.15, -0.1) is 11.8 Å². The van der Waals surface area contributed by atoms with Crippen LogP contribution in [0, 0.1) is 6.92 Å². The molecule has 0 bridgehead atoms. The van der Waals surface area contributed by atoms with Crippen LogP contribution in [-0.2, 0) is 4.79 Å². The second kappa shape index (κ2) is 8.72. The van der Waals surface area contributed by atoms with Crippen LogP contribution < -0.4 is 5.32 Å². The van der Waals surface area contributed by atoms with Crippen molar-refractivity contribution in [2.45, 2.75) is 30.0 Å². The lowest BCUT2D eigenvalue weighted by Gasteiger charge is -2.22. The molecular weight excluding hydrogens is 338 g/mol. The maximum absolute atomic E-state index is 12.8. The minimum Gasteiger partial charge on any atom is -0.344 e. The summed E-state index contributed by atoms with van der Waals surface area (Å²) in [6.45, 7) is 4.02. The van der Waals surface area contributed by atoms with Gasteiger partial charge in [0.1, 0.15) is 0 Å². The first-order valence-corrected chi connectivity index (χ1v) is 9.65. The fourth-order valence-corrected chi connectivity index (χ4v) is 3.66. The highest BCUT2D eigenvalue weighted by atomic mass is 32.2. The highest BCUT2D eigenvalue weighted by molar-refractivity contribution is 8.00. The molecule has 0 unspecified atom stereocenters. The van der Waals surface area contributed by atoms with Crippen LogP contribution in [0.3, 0.4) is 0 Å². The summed E-state index contributed by atoms with van der Waals surface area (Å²) in [4.78, 5) is 13.9. The first kappa shape index (κ1) is 18.3. The van der Waals surface area contributed by atoms with Crippen molar-refractivity contribution in [1.29, 1.82) is 0 Å². The largest absolute Gasteiger partial charge is 0.344 e. The van der Waals surface area contributed by atoms with E-state index in [1.807, 2.05) is 43.3 Å². The van der Waals surface area contributed by atoms with Crippen LogP contribution in [0.5, 0.6) is 0 Å². The fraction of sp³-hybridized carbons (Fsp3) is 0.174. The SMILES string of the molecule is Cc1ccc(S[C@H](C)C(=O)NC(c2ccccc2)c2ccccc2)cc1. The molecule has 0 spiro atoms. The van der Waals surface area contributed by atoms with Crippen molar-refractivity contribution in [2.75, 3.05) is 0 Å². The lowest BCUT2D eigenvalue weighted by Crippen LogP contribution is -2.34. The number of thioether (sulfide) groups is 1. The number of benzene rings is 3. The molecule has 3 aromatic carbocycles. The van der Waals surface area contributed by atoms with E-state index >= 15 is 0 Å². The maximum atomic E-state index is 12.8. The first-order chi connectivity index (χ1) is 12.6. The standard InChI is InChI=1S/C23H23NOS/c1-17-13-15-21(16-14-17)26-18(2)23(25)24-22(19-9-5-3-6-10-19)20-11-7-4-8-12-20/h3-16,18,22H,1-2H3,(H,24,25)/t18-/m1/s1. The second-order valence-electron chi connectivity index (χ2n) is 6.34. The minimum atomic E-state index is -0.173. The second-order valence-corrected chi connectivity index (χ2v) is 7.75. The van der Waals surface area contributed by atoms with Crippen LogP contribution in [0.2, 0.25) is 0 Å². The van der Waals surface area contributed by atoms with Crippen molar-refractivity contribution in [3.63, 3.8) is 0 Å². The van der Waals surface area contributed by atoms with Crippen LogP contribution in [0.1, 0.15) is 29.7 Å². The third-order valence-corrected chi connectivity index (χ3v) is 5.37. The molecule has 0 saturated carbocycles. The Morgan fingerprint density at radius 2 is 1.31 bits per heavy atom. The molecule has 1 N–H and O–H groups in total. The van der Waals surface area contributed by atoms with Gasteiger partial charge in [0, 0.05) is 4.90 Å². The lowest BCUT2D eigenvalue weighted by atomic mass is 9.98. The van der Waals surface area contributed by atoms with E-state index in [-0.39, 0.29) is 17.2 Å². The molecule has 3 rings (SSSR count). The van der Waals surface area contributed by atoms with Gasteiger partial charge in [-0.05, 0) is 37.1 Å². The Kier molecular flexibility index (Phi) is 6.13. The van der Waals surface area contributed by atoms with E-state index in [1.54, 1.807) is 11.8 Å². The van der Waals surface area contributed by atoms with Crippen LogP contribution in [0.25, 0.3) is 0 Å². The van der Waals surface area contributed by atoms with Crippen LogP contribution >= 0.6 is 11.8 Å². The van der Waals surface area contributed by atoms with Gasteiger partial charge in [0.15, 0.2) is 0 Å². The molecule has 26 heavy (non-hydrogen) atoms. The third-order valence-electron chi connectivity index (χ3n) is 4.26. The molecule has 1 amide bonds. The normalized spacial score (nSPS) is 12.0. The Bertz CT molecular complexity index is 792. The topological polar surface area (TPSA) is 29.1 Å². The minimum absolute atomic E-state index is 0.0354. The summed E-state index contributed by atoms with van der Waals surface area (Å²) in [6, 6.07) is 28.3. The van der Waals surface area contributed by atoms with Gasteiger partial charge < -0.3 is 5.32 Å². The van der Waals surface area contributed by atoms with Crippen LogP contribution in [0.4, 0.5) is 0 Å². The first-order valence-electron chi connectivity index (χ1n) is 8.77. The summed E-state index contributed by atoms with van der Waals surface area (Å²) in [5, 5.41) is 3.05. The molecule has 0 fully saturated rings. The van der Waals surface area contributed by atoms with Gasteiger partial charge in [-0.1, -0.05) is 78.4 Å². The zero-order valence-electron chi connectivity index (χ0n) is 15.1. The van der Waals surface area contributed by atoms with E-state index < -0.39 is 0 Å². The van der Waals surface area contributed by atoms with Crippen molar-refractivity contribution in [1.82, 2.24) is 5.32 Å². The van der Waals surface area contributed by atoms with Crippen molar-refractivity contribution in [3.8, 4) is 0 Å². The van der Waals surface area contributed by atoms with Crippen molar-refractivity contribution >= 4 is 17.7 Å². The molecule has 3 aromatic rings. The van der Waals surface area contributed by atoms with E-state index in [0.717, 1.165) is 16.0 Å². The van der Waals surface area contributed by atoms with Crippen molar-refractivity contribution < 1.29 is 4.79 Å². The van der Waals surface area contributed by atoms with Gasteiger partial charge in [0.05, 0.1) is 11.3 Å². The van der Waals surface area contributed by atoms with Crippen molar-refractivity contribution in [2.24, 2.45) is 0 Å². The summed E-state index contributed by atoms with van der Waals surface area (Å²) in [5.74, 6) is 0.0354. The fourth-order valence-electron chi connectivity index (χ4n) is 2.78. The molecule has 0 aliphatic carbocycles. The highest BCUT2D eigenvalue weighted by Gasteiger charge is 2.21. The summed E-state index contributed by atoms with van der Waals surface area (Å²) in [5.41, 5.74) is 3.39. The zero-order chi connectivity index (χ0) is 18.4. The quantitative estimate of drug-likeness (QED) is 0.597. The average Bonchev–Trinajstić information content (AvgIpc) is 2.69. The third kappa shape index (κ3) is 4.77. The summed E-state index contributed by atoms with van der Waals surface area (Å²) in [6.07, 6.45) is 0. The Morgan fingerprint density at radius 1 is 0.808 bits per heavy atom. The molecule has 1 atom stereocenters. The number of carbonyl (C=O) groups is 1. The molecular formula is C23H23NOS. The van der Waals surface area contributed by atoms with Crippen LogP contribution in [0.15, 0.2) is 89.8 Å². The Hall–Kier alpha value is -2.52. The van der Waals surface area contributed by atoms with Crippen LogP contribution in [-0.4, -0.2) is 11.2 Å². The predicted octanol–water partition coefficient (Wildman–Crippen LogP) is 5.38. The van der Waals surface area contributed by atoms with E-state index in [9.17, 15) is 4.79 Å². The van der Waals surface area contributed by atoms with E-state index in [0.29, 0.717) is 0 Å². The van der Waals surface area contributed by atoms with E-state index in [4.69, 9.17) is 0 Å². The van der Waals surface area contributed by atoms with Gasteiger partial charge in [-0.25, -0.2) is 0 Å². The summed E-state index contributed by atoms with van der Waals surface area (Å²) < 4.78 is 0. The van der Waals surface area contributed by atoms with Gasteiger partial charge in [-0.3, -0.25) is 4.79 Å². The number of carbonyl (C=O) groups excluding carboxylic acids is 1. The lowest BCUT2D eigenvalue weighted by molar-refractivity contribution is -0.120. The van der Waals surface area contributed by atoms with Gasteiger partial charge >= 0.3 is 0 Å². The molecule has 0 aliphatic rings. The highest BCUT2D eigenvalue weighted by Crippen LogP contribution is 2.26. The average molecular weight is 362 g/mol. The van der Waals surface area contributed by atoms with Gasteiger partial charge in [-0.2, -0.15) is 0 Å². The maximum Gasteiger partial charge on any atom is 0.233 e. The van der Waals surface area contributed by atoms with E-state index in [1.165, 1.54) is 5.56 Å². The molecule has 0 saturated heterocycles. The number of nitrogens with one attached hydrogen (secondary N) is 1. The number of amides is 1. The molecule has 0 aromatic heterocycles. The number of aryl methyl sites for hydroxylation is 1. The predicted molar refractivity (Wildman–Crippen MR) is 109 cm³/mol. The molecule has 0 radical (unpaired) electrons. The van der Waals surface area contributed by atoms with Gasteiger partial charge in [0.25, 0.3) is 0 Å². The Balaban J connectivity index is 1.75. The Morgan fingerprint density at radius 3 is 1.81 bits per heavy atom. The number of hydrogen-bond donors (Lipinski definition) is 1. The molecule has 2 nitrogen and oxygen atoms in total.